The van der Waals surface area contributed by atoms with Crippen LogP contribution >= 0.6 is 0 Å². The Morgan fingerprint density at radius 1 is 0.964 bits per heavy atom. The lowest BCUT2D eigenvalue weighted by Crippen LogP contribution is -2.57. The molecule has 5 aliphatic rings. The SMILES string of the molecule is CC(C)(C)OC(=O)N1C2CCC1CN(c1nc(OCC34CCCN3CCC4)nc3c(F)c(-c4cc(B5OC(C)(C)C(C)(C)O5)cc5ccccc45)ncc13)C2. The zero-order valence-corrected chi connectivity index (χ0v) is 33.2. The molecule has 0 N–H and O–H groups in total. The van der Waals surface area contributed by atoms with Gasteiger partial charge in [0.05, 0.1) is 34.2 Å². The smallest absolute Gasteiger partial charge is 0.461 e. The Hall–Kier alpha value is -4.07. The molecule has 4 aromatic rings. The fourth-order valence-electron chi connectivity index (χ4n) is 9.51. The Kier molecular flexibility index (Phi) is 8.64. The van der Waals surface area contributed by atoms with E-state index in [1.807, 2.05) is 89.8 Å². The number of hydrogen-bond donors (Lipinski definition) is 0. The fraction of sp³-hybridized carbons (Fsp3) is 0.571. The molecule has 5 fully saturated rings. The molecule has 1 amide bonds. The standard InChI is InChI=1S/C42H52BFN6O5/c1-39(2,3)53-38(51)50-28-14-15-29(50)24-48(23-28)36-32-22-45-34(33(44)35(32)46-37(47-36)52-25-42-16-10-18-49(42)19-11-17-42)31-21-27(20-26-12-8-9-13-30(26)31)43-54-40(4,5)41(6,7)55-43/h8-9,12-13,20-22,28-29H,10-11,14-19,23-25H2,1-7H3. The lowest BCUT2D eigenvalue weighted by Gasteiger charge is -2.42. The first-order valence-electron chi connectivity index (χ1n) is 20.0. The predicted octanol–water partition coefficient (Wildman–Crippen LogP) is 6.88. The van der Waals surface area contributed by atoms with Crippen LogP contribution in [0.5, 0.6) is 6.01 Å². The molecule has 0 saturated carbocycles. The summed E-state index contributed by atoms with van der Waals surface area (Å²) >= 11 is 0. The monoisotopic (exact) mass is 750 g/mol. The van der Waals surface area contributed by atoms with Crippen LogP contribution in [0.1, 0.15) is 87.0 Å². The van der Waals surface area contributed by atoms with Crippen molar-refractivity contribution in [2.24, 2.45) is 0 Å². The number of aromatic nitrogens is 3. The third-order valence-electron chi connectivity index (χ3n) is 13.0. The lowest BCUT2D eigenvalue weighted by atomic mass is 9.76. The number of nitrogens with zero attached hydrogens (tertiary/aromatic N) is 6. The Morgan fingerprint density at radius 3 is 2.31 bits per heavy atom. The van der Waals surface area contributed by atoms with Crippen molar-refractivity contribution in [3.8, 4) is 17.3 Å². The predicted molar refractivity (Wildman–Crippen MR) is 211 cm³/mol. The van der Waals surface area contributed by atoms with Crippen LogP contribution in [0.4, 0.5) is 15.0 Å². The quantitative estimate of drug-likeness (QED) is 0.194. The van der Waals surface area contributed by atoms with E-state index >= 15 is 4.39 Å². The van der Waals surface area contributed by atoms with Gasteiger partial charge in [-0.15, -0.1) is 0 Å². The molecule has 55 heavy (non-hydrogen) atoms. The molecule has 2 unspecified atom stereocenters. The average molecular weight is 751 g/mol. The van der Waals surface area contributed by atoms with Crippen molar-refractivity contribution >= 4 is 46.2 Å². The molecular formula is C42H52BFN6O5. The van der Waals surface area contributed by atoms with Crippen LogP contribution < -0.4 is 15.1 Å². The Bertz CT molecular complexity index is 2140. The zero-order chi connectivity index (χ0) is 38.5. The van der Waals surface area contributed by atoms with Gasteiger partial charge in [-0.2, -0.15) is 9.97 Å². The van der Waals surface area contributed by atoms with Crippen molar-refractivity contribution in [1.29, 1.82) is 0 Å². The van der Waals surface area contributed by atoms with Crippen molar-refractivity contribution in [3.63, 3.8) is 0 Å². The lowest BCUT2D eigenvalue weighted by molar-refractivity contribution is 0.00578. The summed E-state index contributed by atoms with van der Waals surface area (Å²) in [7, 11) is -0.634. The molecule has 13 heteroatoms. The summed E-state index contributed by atoms with van der Waals surface area (Å²) in [5, 5.41) is 2.29. The number of fused-ring (bicyclic) bond motifs is 5. The van der Waals surface area contributed by atoms with Gasteiger partial charge in [-0.05, 0) is 116 Å². The number of amides is 1. The van der Waals surface area contributed by atoms with Crippen LogP contribution in [0.2, 0.25) is 0 Å². The van der Waals surface area contributed by atoms with Gasteiger partial charge in [-0.3, -0.25) is 14.8 Å². The van der Waals surface area contributed by atoms with Crippen LogP contribution in [-0.4, -0.2) is 105 Å². The van der Waals surface area contributed by atoms with Gasteiger partial charge >= 0.3 is 19.2 Å². The van der Waals surface area contributed by atoms with Gasteiger partial charge in [0, 0.05) is 24.8 Å². The molecule has 0 radical (unpaired) electrons. The van der Waals surface area contributed by atoms with Gasteiger partial charge in [-0.1, -0.05) is 36.4 Å². The summed E-state index contributed by atoms with van der Waals surface area (Å²) in [6, 6.07) is 11.9. The van der Waals surface area contributed by atoms with E-state index < -0.39 is 29.7 Å². The number of carbonyl (C=O) groups excluding carboxylic acids is 1. The van der Waals surface area contributed by atoms with Crippen molar-refractivity contribution in [3.05, 3.63) is 48.4 Å². The molecule has 290 valence electrons. The van der Waals surface area contributed by atoms with Crippen LogP contribution in [0.3, 0.4) is 0 Å². The number of pyridine rings is 1. The molecule has 0 aliphatic carbocycles. The second-order valence-electron chi connectivity index (χ2n) is 18.3. The summed E-state index contributed by atoms with van der Waals surface area (Å²) in [6.45, 7) is 17.4. The zero-order valence-electron chi connectivity index (χ0n) is 33.2. The Balaban J connectivity index is 1.13. The van der Waals surface area contributed by atoms with Crippen molar-refractivity contribution in [2.45, 2.75) is 121 Å². The van der Waals surface area contributed by atoms with Gasteiger partial charge in [0.15, 0.2) is 5.82 Å². The molecule has 2 aromatic heterocycles. The van der Waals surface area contributed by atoms with Gasteiger partial charge in [0.1, 0.15) is 29.2 Å². The average Bonchev–Trinajstić information content (AvgIpc) is 3.84. The Labute approximate surface area is 323 Å². The first kappa shape index (κ1) is 36.6. The highest BCUT2D eigenvalue weighted by molar-refractivity contribution is 6.62. The Morgan fingerprint density at radius 2 is 1.64 bits per heavy atom. The van der Waals surface area contributed by atoms with Crippen molar-refractivity contribution < 1.29 is 28.0 Å². The minimum absolute atomic E-state index is 0.0363. The summed E-state index contributed by atoms with van der Waals surface area (Å²) < 4.78 is 42.7. The van der Waals surface area contributed by atoms with E-state index in [4.69, 9.17) is 33.7 Å². The molecule has 5 saturated heterocycles. The van der Waals surface area contributed by atoms with Gasteiger partial charge in [0.2, 0.25) is 0 Å². The highest BCUT2D eigenvalue weighted by Gasteiger charge is 2.52. The second kappa shape index (κ2) is 13.0. The number of benzene rings is 2. The van der Waals surface area contributed by atoms with E-state index in [1.165, 1.54) is 0 Å². The number of anilines is 1. The molecule has 11 nitrogen and oxygen atoms in total. The molecule has 9 rings (SSSR count). The van der Waals surface area contributed by atoms with Crippen LogP contribution in [0.25, 0.3) is 32.9 Å². The third kappa shape index (κ3) is 6.30. The molecule has 2 bridgehead atoms. The molecule has 2 atom stereocenters. The van der Waals surface area contributed by atoms with Gasteiger partial charge < -0.3 is 23.7 Å². The van der Waals surface area contributed by atoms with Crippen molar-refractivity contribution in [1.82, 2.24) is 24.8 Å². The number of piperazine rings is 1. The number of hydrogen-bond acceptors (Lipinski definition) is 10. The highest BCUT2D eigenvalue weighted by atomic mass is 19.1. The maximum absolute atomic E-state index is 17.4. The minimum atomic E-state index is -0.634. The molecular weight excluding hydrogens is 698 g/mol. The van der Waals surface area contributed by atoms with Crippen molar-refractivity contribution in [2.75, 3.05) is 37.7 Å². The fourth-order valence-corrected chi connectivity index (χ4v) is 9.51. The second-order valence-corrected chi connectivity index (χ2v) is 18.3. The minimum Gasteiger partial charge on any atom is -0.461 e. The van der Waals surface area contributed by atoms with E-state index in [9.17, 15) is 4.79 Å². The van der Waals surface area contributed by atoms with Gasteiger partial charge in [0.25, 0.3) is 0 Å². The summed E-state index contributed by atoms with van der Waals surface area (Å²) in [5.41, 5.74) is 0.0541. The molecule has 2 aromatic carbocycles. The number of carbonyl (C=O) groups is 1. The van der Waals surface area contributed by atoms with E-state index in [0.29, 0.717) is 36.5 Å². The topological polar surface area (TPSA) is 102 Å². The van der Waals surface area contributed by atoms with Gasteiger partial charge in [-0.25, -0.2) is 9.18 Å². The number of ether oxygens (including phenoxy) is 2. The maximum Gasteiger partial charge on any atom is 0.494 e. The van der Waals surface area contributed by atoms with E-state index in [1.54, 1.807) is 6.20 Å². The normalized spacial score (nSPS) is 24.3. The summed E-state index contributed by atoms with van der Waals surface area (Å²) in [6.07, 6.45) is 7.53. The van der Waals surface area contributed by atoms with E-state index in [-0.39, 0.29) is 40.9 Å². The summed E-state index contributed by atoms with van der Waals surface area (Å²) in [5.74, 6) is 0.0285. The van der Waals surface area contributed by atoms with Crippen LogP contribution in [-0.2, 0) is 14.0 Å². The third-order valence-corrected chi connectivity index (χ3v) is 13.0. The number of halogens is 1. The molecule has 0 spiro atoms. The van der Waals surface area contributed by atoms with Crippen LogP contribution in [0, 0.1) is 5.82 Å². The highest BCUT2D eigenvalue weighted by Crippen LogP contribution is 2.42. The van der Waals surface area contributed by atoms with Crippen LogP contribution in [0.15, 0.2) is 42.6 Å². The molecule has 7 heterocycles. The van der Waals surface area contributed by atoms with E-state index in [2.05, 4.69) is 9.80 Å². The molecule has 5 aliphatic heterocycles. The summed E-state index contributed by atoms with van der Waals surface area (Å²) in [4.78, 5) is 34.6. The number of rotatable bonds is 6. The first-order valence-corrected chi connectivity index (χ1v) is 20.0. The van der Waals surface area contributed by atoms with E-state index in [0.717, 1.165) is 67.8 Å². The maximum atomic E-state index is 17.4. The first-order chi connectivity index (χ1) is 26.1. The largest absolute Gasteiger partial charge is 0.494 e.